The highest BCUT2D eigenvalue weighted by molar-refractivity contribution is 5.73. The first-order valence-electron chi connectivity index (χ1n) is 7.10. The van der Waals surface area contributed by atoms with Crippen molar-refractivity contribution in [3.8, 4) is 0 Å². The van der Waals surface area contributed by atoms with Crippen molar-refractivity contribution in [3.05, 3.63) is 0 Å². The van der Waals surface area contributed by atoms with Gasteiger partial charge in [0.2, 0.25) is 0 Å². The highest BCUT2D eigenvalue weighted by atomic mass is 16.6. The van der Waals surface area contributed by atoms with E-state index in [9.17, 15) is 9.59 Å². The summed E-state index contributed by atoms with van der Waals surface area (Å²) in [7, 11) is 0. The molecule has 1 amide bonds. The van der Waals surface area contributed by atoms with Crippen molar-refractivity contribution in [2.24, 2.45) is 0 Å². The van der Waals surface area contributed by atoms with Gasteiger partial charge in [0, 0.05) is 7.47 Å². The molecule has 5 heteroatoms. The van der Waals surface area contributed by atoms with Gasteiger partial charge in [-0.1, -0.05) is 13.8 Å². The van der Waals surface area contributed by atoms with E-state index in [1.165, 1.54) is 0 Å². The highest BCUT2D eigenvalue weighted by Gasteiger charge is 2.21. The van der Waals surface area contributed by atoms with E-state index in [1.54, 1.807) is 48.5 Å². The molecule has 122 valence electrons. The monoisotopic (exact) mass is 291 g/mol. The molecule has 0 aliphatic heterocycles. The summed E-state index contributed by atoms with van der Waals surface area (Å²) in [4.78, 5) is 23.0. The van der Waals surface area contributed by atoms with Gasteiger partial charge >= 0.3 is 12.1 Å². The number of carbonyl (C=O) groups is 2. The fourth-order valence-electron chi connectivity index (χ4n) is 1.19. The Kier molecular flexibility index (Phi) is 9.28. The van der Waals surface area contributed by atoms with Crippen LogP contribution in [0.2, 0.25) is 0 Å². The average Bonchev–Trinajstić information content (AvgIpc) is 2.12. The summed E-state index contributed by atoms with van der Waals surface area (Å²) >= 11 is 0. The fourth-order valence-corrected chi connectivity index (χ4v) is 1.19. The van der Waals surface area contributed by atoms with E-state index in [4.69, 9.17) is 9.47 Å². The molecule has 0 aliphatic carbocycles. The summed E-state index contributed by atoms with van der Waals surface area (Å²) in [5, 5.41) is 2.59. The maximum atomic E-state index is 11.5. The topological polar surface area (TPSA) is 64.6 Å². The Morgan fingerprint density at radius 2 is 1.40 bits per heavy atom. The SMILES string of the molecule is CC.C[C@H](CC(=O)OC(C)(C)C)NC(=O)OC(C)(C)C.[HH]. The van der Waals surface area contributed by atoms with Gasteiger partial charge in [0.25, 0.3) is 0 Å². The van der Waals surface area contributed by atoms with Crippen molar-refractivity contribution >= 4 is 12.1 Å². The number of esters is 1. The maximum Gasteiger partial charge on any atom is 0.407 e. The van der Waals surface area contributed by atoms with Gasteiger partial charge in [0.1, 0.15) is 11.2 Å². The van der Waals surface area contributed by atoms with Crippen LogP contribution in [0.15, 0.2) is 0 Å². The first kappa shape index (κ1) is 21.0. The molecule has 0 spiro atoms. The maximum absolute atomic E-state index is 11.5. The molecule has 5 nitrogen and oxygen atoms in total. The van der Waals surface area contributed by atoms with Crippen LogP contribution in [-0.2, 0) is 14.3 Å². The molecule has 0 heterocycles. The Hall–Kier alpha value is -1.26. The van der Waals surface area contributed by atoms with Crippen molar-refractivity contribution in [2.75, 3.05) is 0 Å². The normalized spacial score (nSPS) is 12.7. The molecular weight excluding hydrogens is 258 g/mol. The van der Waals surface area contributed by atoms with Crippen LogP contribution >= 0.6 is 0 Å². The lowest BCUT2D eigenvalue weighted by molar-refractivity contribution is -0.155. The molecule has 0 saturated carbocycles. The van der Waals surface area contributed by atoms with Crippen LogP contribution in [0.4, 0.5) is 4.79 Å². The van der Waals surface area contributed by atoms with Crippen LogP contribution in [0.1, 0.15) is 70.2 Å². The third-order valence-electron chi connectivity index (χ3n) is 1.66. The smallest absolute Gasteiger partial charge is 0.407 e. The highest BCUT2D eigenvalue weighted by Crippen LogP contribution is 2.10. The summed E-state index contributed by atoms with van der Waals surface area (Å²) in [5.41, 5.74) is -1.06. The molecule has 0 saturated heterocycles. The Morgan fingerprint density at radius 1 is 1.00 bits per heavy atom. The van der Waals surface area contributed by atoms with Gasteiger partial charge in [0.15, 0.2) is 0 Å². The third kappa shape index (κ3) is 14.8. The standard InChI is InChI=1S/C13H25NO4.C2H6.H2/c1-9(8-10(15)17-12(2,3)4)14-11(16)18-13(5,6)7;1-2;/h9H,8H2,1-7H3,(H,14,16);1-2H3;1H/t9-;;/m1../s1. The minimum atomic E-state index is -0.546. The summed E-state index contributed by atoms with van der Waals surface area (Å²) in [5.74, 6) is -0.342. The minimum Gasteiger partial charge on any atom is -0.460 e. The van der Waals surface area contributed by atoms with E-state index in [0.29, 0.717) is 0 Å². The van der Waals surface area contributed by atoms with Gasteiger partial charge in [-0.25, -0.2) is 4.79 Å². The molecule has 0 aromatic rings. The minimum absolute atomic E-state index is 0. The first-order chi connectivity index (χ1) is 8.89. The average molecular weight is 291 g/mol. The molecule has 0 bridgehead atoms. The van der Waals surface area contributed by atoms with Gasteiger partial charge in [-0.05, 0) is 48.5 Å². The largest absolute Gasteiger partial charge is 0.460 e. The molecule has 0 aliphatic rings. The summed E-state index contributed by atoms with van der Waals surface area (Å²) in [6.07, 6.45) is -0.408. The molecule has 0 unspecified atom stereocenters. The molecule has 0 radical (unpaired) electrons. The Labute approximate surface area is 124 Å². The number of hydrogen-bond donors (Lipinski definition) is 1. The Bertz CT molecular complexity index is 276. The van der Waals surface area contributed by atoms with E-state index >= 15 is 0 Å². The van der Waals surface area contributed by atoms with Gasteiger partial charge in [-0.2, -0.15) is 0 Å². The number of hydrogen-bond acceptors (Lipinski definition) is 4. The molecule has 0 aromatic carbocycles. The summed E-state index contributed by atoms with van der Waals surface area (Å²) in [6, 6.07) is -0.324. The number of alkyl carbamates (subject to hydrolysis) is 1. The zero-order chi connectivity index (χ0) is 16.6. The van der Waals surface area contributed by atoms with Crippen LogP contribution in [-0.4, -0.2) is 29.3 Å². The molecule has 1 N–H and O–H groups in total. The molecule has 0 aromatic heterocycles. The van der Waals surface area contributed by atoms with Crippen molar-refractivity contribution in [2.45, 2.75) is 86.0 Å². The van der Waals surface area contributed by atoms with E-state index in [2.05, 4.69) is 5.32 Å². The molecule has 0 fully saturated rings. The third-order valence-corrected chi connectivity index (χ3v) is 1.66. The second-order valence-electron chi connectivity index (χ2n) is 6.34. The second kappa shape index (κ2) is 8.82. The second-order valence-corrected chi connectivity index (χ2v) is 6.34. The Balaban J connectivity index is -0.00000103. The summed E-state index contributed by atoms with van der Waals surface area (Å²) < 4.78 is 10.2. The van der Waals surface area contributed by atoms with Crippen LogP contribution in [0, 0.1) is 0 Å². The number of ether oxygens (including phenoxy) is 2. The zero-order valence-electron chi connectivity index (χ0n) is 14.4. The van der Waals surface area contributed by atoms with Gasteiger partial charge in [0.05, 0.1) is 6.42 Å². The number of carbonyl (C=O) groups excluding carboxylic acids is 2. The van der Waals surface area contributed by atoms with Crippen molar-refractivity contribution in [1.82, 2.24) is 5.32 Å². The van der Waals surface area contributed by atoms with Crippen molar-refractivity contribution in [1.29, 1.82) is 0 Å². The van der Waals surface area contributed by atoms with Crippen LogP contribution in [0.5, 0.6) is 0 Å². The quantitative estimate of drug-likeness (QED) is 0.801. The Morgan fingerprint density at radius 3 is 1.75 bits per heavy atom. The van der Waals surface area contributed by atoms with Crippen LogP contribution < -0.4 is 5.32 Å². The van der Waals surface area contributed by atoms with Gasteiger partial charge in [-0.15, -0.1) is 0 Å². The zero-order valence-corrected chi connectivity index (χ0v) is 14.4. The van der Waals surface area contributed by atoms with E-state index in [1.807, 2.05) is 13.8 Å². The van der Waals surface area contributed by atoms with Crippen molar-refractivity contribution in [3.63, 3.8) is 0 Å². The molecular formula is C15H33NO4. The summed E-state index contributed by atoms with van der Waals surface area (Å²) in [6.45, 7) is 16.5. The number of amides is 1. The molecule has 1 atom stereocenters. The lowest BCUT2D eigenvalue weighted by atomic mass is 10.2. The number of rotatable bonds is 3. The lowest BCUT2D eigenvalue weighted by Crippen LogP contribution is -2.39. The van der Waals surface area contributed by atoms with E-state index in [0.717, 1.165) is 0 Å². The molecule has 20 heavy (non-hydrogen) atoms. The molecule has 0 rings (SSSR count). The van der Waals surface area contributed by atoms with E-state index < -0.39 is 17.3 Å². The van der Waals surface area contributed by atoms with E-state index in [-0.39, 0.29) is 19.9 Å². The van der Waals surface area contributed by atoms with Gasteiger partial charge in [-0.3, -0.25) is 4.79 Å². The van der Waals surface area contributed by atoms with Crippen LogP contribution in [0.25, 0.3) is 0 Å². The first-order valence-corrected chi connectivity index (χ1v) is 7.10. The fraction of sp³-hybridized carbons (Fsp3) is 0.867. The predicted octanol–water partition coefficient (Wildman–Crippen LogP) is 3.90. The van der Waals surface area contributed by atoms with Gasteiger partial charge < -0.3 is 14.8 Å². The predicted molar refractivity (Wildman–Crippen MR) is 82.8 cm³/mol. The van der Waals surface area contributed by atoms with Crippen LogP contribution in [0.3, 0.4) is 0 Å². The van der Waals surface area contributed by atoms with Crippen molar-refractivity contribution < 1.29 is 20.5 Å². The number of nitrogens with one attached hydrogen (secondary N) is 1. The lowest BCUT2D eigenvalue weighted by Gasteiger charge is -2.23.